The summed E-state index contributed by atoms with van der Waals surface area (Å²) in [6, 6.07) is 5.43. The number of benzene rings is 1. The maximum Gasteiger partial charge on any atom is 0.255 e. The first kappa shape index (κ1) is 24.2. The Bertz CT molecular complexity index is 1080. The minimum absolute atomic E-state index is 0.180. The van der Waals surface area contributed by atoms with E-state index in [4.69, 9.17) is 11.6 Å². The van der Waals surface area contributed by atoms with Gasteiger partial charge < -0.3 is 15.0 Å². The summed E-state index contributed by atoms with van der Waals surface area (Å²) in [5, 5.41) is 12.8. The molecule has 0 aliphatic heterocycles. The molecule has 30 heavy (non-hydrogen) atoms. The van der Waals surface area contributed by atoms with Crippen LogP contribution in [0.5, 0.6) is 0 Å². The number of aliphatic hydroxyl groups excluding tert-OH is 1. The molecule has 0 saturated heterocycles. The molecule has 1 aliphatic rings. The summed E-state index contributed by atoms with van der Waals surface area (Å²) in [7, 11) is -2.17. The number of aromatic nitrogens is 1. The molecule has 1 aromatic heterocycles. The van der Waals surface area contributed by atoms with Crippen LogP contribution in [0.3, 0.4) is 0 Å². The Labute approximate surface area is 183 Å². The van der Waals surface area contributed by atoms with Crippen molar-refractivity contribution in [3.05, 3.63) is 50.9 Å². The summed E-state index contributed by atoms with van der Waals surface area (Å²) in [5.74, 6) is 0. The predicted octanol–water partition coefficient (Wildman–Crippen LogP) is 4.08. The van der Waals surface area contributed by atoms with E-state index < -0.39 is 14.8 Å². The van der Waals surface area contributed by atoms with Gasteiger partial charge in [-0.25, -0.2) is 8.42 Å². The molecule has 1 aromatic carbocycles. The molecule has 7 nitrogen and oxygen atoms in total. The summed E-state index contributed by atoms with van der Waals surface area (Å²) in [5.41, 5.74) is 2.30. The predicted molar refractivity (Wildman–Crippen MR) is 123 cm³/mol. The van der Waals surface area contributed by atoms with Gasteiger partial charge in [0.2, 0.25) is 10.0 Å². The van der Waals surface area contributed by atoms with Gasteiger partial charge in [-0.3, -0.25) is 9.52 Å². The molecule has 0 atom stereocenters. The van der Waals surface area contributed by atoms with E-state index >= 15 is 0 Å². The smallest absolute Gasteiger partial charge is 0.255 e. The molecule has 1 fully saturated rings. The van der Waals surface area contributed by atoms with Crippen LogP contribution < -0.4 is 15.6 Å². The topological polar surface area (TPSA) is 100 Å². The summed E-state index contributed by atoms with van der Waals surface area (Å²) < 4.78 is 28.9. The van der Waals surface area contributed by atoms with Gasteiger partial charge in [-0.15, -0.1) is 0 Å². The molecule has 2 aromatic rings. The highest BCUT2D eigenvalue weighted by Gasteiger charge is 2.54. The SMILES string of the molecule is CC.Cc1ccc(Nc2c(NS(=O)(=O)C3(CCO)CC3)cn(C)c(=O)c2C)c(Cl)c1. The van der Waals surface area contributed by atoms with Crippen molar-refractivity contribution in [2.45, 2.75) is 51.7 Å². The van der Waals surface area contributed by atoms with E-state index in [1.165, 1.54) is 10.8 Å². The molecule has 9 heteroatoms. The van der Waals surface area contributed by atoms with Crippen molar-refractivity contribution < 1.29 is 13.5 Å². The van der Waals surface area contributed by atoms with E-state index in [-0.39, 0.29) is 24.3 Å². The first-order valence-corrected chi connectivity index (χ1v) is 11.8. The van der Waals surface area contributed by atoms with Gasteiger partial charge in [0.25, 0.3) is 5.56 Å². The number of aliphatic hydroxyl groups is 1. The molecule has 166 valence electrons. The minimum Gasteiger partial charge on any atom is -0.396 e. The fourth-order valence-electron chi connectivity index (χ4n) is 3.23. The van der Waals surface area contributed by atoms with E-state index in [2.05, 4.69) is 10.0 Å². The van der Waals surface area contributed by atoms with E-state index in [1.807, 2.05) is 26.8 Å². The molecule has 1 heterocycles. The van der Waals surface area contributed by atoms with Crippen molar-refractivity contribution in [2.75, 3.05) is 16.6 Å². The highest BCUT2D eigenvalue weighted by molar-refractivity contribution is 7.94. The number of pyridine rings is 1. The average molecular weight is 456 g/mol. The van der Waals surface area contributed by atoms with Crippen LogP contribution in [0.4, 0.5) is 17.1 Å². The quantitative estimate of drug-likeness (QED) is 0.584. The van der Waals surface area contributed by atoms with Gasteiger partial charge in [0, 0.05) is 25.4 Å². The van der Waals surface area contributed by atoms with Gasteiger partial charge in [-0.05, 0) is 50.8 Å². The minimum atomic E-state index is -3.74. The Morgan fingerprint density at radius 3 is 2.37 bits per heavy atom. The Kier molecular flexibility index (Phi) is 7.60. The van der Waals surface area contributed by atoms with Crippen LogP contribution in [0.2, 0.25) is 5.02 Å². The number of nitrogens with one attached hydrogen (secondary N) is 2. The zero-order valence-corrected chi connectivity index (χ0v) is 19.6. The van der Waals surface area contributed by atoms with Crippen LogP contribution in [0.15, 0.2) is 29.2 Å². The number of rotatable bonds is 7. The van der Waals surface area contributed by atoms with Crippen molar-refractivity contribution in [3.63, 3.8) is 0 Å². The van der Waals surface area contributed by atoms with Gasteiger partial charge in [0.1, 0.15) is 0 Å². The second kappa shape index (κ2) is 9.41. The van der Waals surface area contributed by atoms with Crippen molar-refractivity contribution in [3.8, 4) is 0 Å². The number of aryl methyl sites for hydroxylation is 2. The van der Waals surface area contributed by atoms with Crippen molar-refractivity contribution in [1.82, 2.24) is 4.57 Å². The molecular weight excluding hydrogens is 426 g/mol. The van der Waals surface area contributed by atoms with E-state index in [0.717, 1.165) is 5.56 Å². The van der Waals surface area contributed by atoms with Gasteiger partial charge in [-0.1, -0.05) is 31.5 Å². The van der Waals surface area contributed by atoms with Crippen LogP contribution in [0.25, 0.3) is 0 Å². The molecule has 0 unspecified atom stereocenters. The van der Waals surface area contributed by atoms with Crippen LogP contribution >= 0.6 is 11.6 Å². The van der Waals surface area contributed by atoms with Crippen LogP contribution in [0.1, 0.15) is 44.2 Å². The zero-order valence-electron chi connectivity index (χ0n) is 18.0. The highest BCUT2D eigenvalue weighted by Crippen LogP contribution is 2.47. The average Bonchev–Trinajstić information content (AvgIpc) is 3.48. The lowest BCUT2D eigenvalue weighted by molar-refractivity contribution is 0.283. The van der Waals surface area contributed by atoms with Gasteiger partial charge in [0.15, 0.2) is 0 Å². The standard InChI is InChI=1S/C19H24ClN3O4S.C2H6/c1-12-4-5-15(14(20)10-12)21-17-13(2)18(25)23(3)11-16(17)22-28(26,27)19(6-7-19)8-9-24;1-2/h4-5,10-11,21-22,24H,6-9H2,1-3H3;1-2H3. The summed E-state index contributed by atoms with van der Waals surface area (Å²) in [6.07, 6.45) is 2.63. The molecule has 0 radical (unpaired) electrons. The van der Waals surface area contributed by atoms with Crippen LogP contribution in [-0.2, 0) is 17.1 Å². The van der Waals surface area contributed by atoms with Gasteiger partial charge in [0.05, 0.1) is 26.8 Å². The second-order valence-electron chi connectivity index (χ2n) is 7.33. The first-order chi connectivity index (χ1) is 14.1. The Morgan fingerprint density at radius 2 is 1.83 bits per heavy atom. The number of halogens is 1. The van der Waals surface area contributed by atoms with Crippen LogP contribution in [-0.4, -0.2) is 29.4 Å². The first-order valence-electron chi connectivity index (χ1n) is 9.97. The Hall–Kier alpha value is -2.03. The Morgan fingerprint density at radius 1 is 1.20 bits per heavy atom. The third-order valence-corrected chi connectivity index (χ3v) is 7.74. The summed E-state index contributed by atoms with van der Waals surface area (Å²) >= 11 is 6.30. The second-order valence-corrected chi connectivity index (χ2v) is 9.81. The number of hydrogen-bond donors (Lipinski definition) is 3. The largest absolute Gasteiger partial charge is 0.396 e. The van der Waals surface area contributed by atoms with Gasteiger partial charge in [-0.2, -0.15) is 0 Å². The third kappa shape index (κ3) is 4.82. The van der Waals surface area contributed by atoms with E-state index in [0.29, 0.717) is 34.8 Å². The van der Waals surface area contributed by atoms with Crippen molar-refractivity contribution >= 4 is 38.7 Å². The maximum atomic E-state index is 12.9. The number of hydrogen-bond acceptors (Lipinski definition) is 5. The molecule has 3 rings (SSSR count). The Balaban J connectivity index is 0.00000155. The fraction of sp³-hybridized carbons (Fsp3) is 0.476. The molecule has 0 bridgehead atoms. The summed E-state index contributed by atoms with van der Waals surface area (Å²) in [6.45, 7) is 7.34. The van der Waals surface area contributed by atoms with Crippen molar-refractivity contribution in [1.29, 1.82) is 0 Å². The highest BCUT2D eigenvalue weighted by atomic mass is 35.5. The molecule has 1 saturated carbocycles. The number of nitrogens with zero attached hydrogens (tertiary/aromatic N) is 1. The maximum absolute atomic E-state index is 12.9. The molecule has 0 amide bonds. The molecule has 0 spiro atoms. The normalized spacial score (nSPS) is 14.5. The fourth-order valence-corrected chi connectivity index (χ4v) is 5.18. The van der Waals surface area contributed by atoms with E-state index in [9.17, 15) is 18.3 Å². The lowest BCUT2D eigenvalue weighted by Gasteiger charge is -2.21. The molecular formula is C21H30ClN3O4S. The van der Waals surface area contributed by atoms with E-state index in [1.54, 1.807) is 26.1 Å². The van der Waals surface area contributed by atoms with Gasteiger partial charge >= 0.3 is 0 Å². The van der Waals surface area contributed by atoms with Crippen molar-refractivity contribution in [2.24, 2.45) is 7.05 Å². The number of anilines is 3. The summed E-state index contributed by atoms with van der Waals surface area (Å²) in [4.78, 5) is 12.4. The molecule has 1 aliphatic carbocycles. The third-order valence-electron chi connectivity index (χ3n) is 5.18. The zero-order chi connectivity index (χ0) is 22.7. The monoisotopic (exact) mass is 455 g/mol. The molecule has 3 N–H and O–H groups in total. The lowest BCUT2D eigenvalue weighted by atomic mass is 10.2. The lowest BCUT2D eigenvalue weighted by Crippen LogP contribution is -2.32. The number of sulfonamides is 1. The van der Waals surface area contributed by atoms with Crippen LogP contribution in [0, 0.1) is 13.8 Å².